The summed E-state index contributed by atoms with van der Waals surface area (Å²) in [7, 11) is -0.425. The van der Waals surface area contributed by atoms with Crippen molar-refractivity contribution in [2.45, 2.75) is 11.3 Å². The zero-order chi connectivity index (χ0) is 17.2. The number of nitrogens with zero attached hydrogens (tertiary/aromatic N) is 1. The van der Waals surface area contributed by atoms with E-state index in [-0.39, 0.29) is 11.7 Å². The van der Waals surface area contributed by atoms with Gasteiger partial charge in [-0.05, 0) is 30.2 Å². The third-order valence-corrected chi connectivity index (χ3v) is 5.79. The molecule has 24 heavy (non-hydrogen) atoms. The molecule has 7 heteroatoms. The van der Waals surface area contributed by atoms with Gasteiger partial charge in [0.1, 0.15) is 5.75 Å². The fourth-order valence-corrected chi connectivity index (χ4v) is 3.71. The number of likely N-dealkylation sites (N-methyl/N-ethyl adjacent to an activating group) is 1. The molecule has 0 aromatic heterocycles. The number of benzene rings is 2. The number of hydrogen-bond acceptors (Lipinski definition) is 5. The monoisotopic (exact) mass is 349 g/mol. The Morgan fingerprint density at radius 1 is 1.12 bits per heavy atom. The van der Waals surface area contributed by atoms with Gasteiger partial charge >= 0.3 is 0 Å². The molecule has 0 fully saturated rings. The van der Waals surface area contributed by atoms with Crippen molar-refractivity contribution in [1.82, 2.24) is 4.31 Å². The third-order valence-electron chi connectivity index (χ3n) is 3.94. The van der Waals surface area contributed by atoms with Crippen molar-refractivity contribution in [1.29, 1.82) is 0 Å². The zero-order valence-corrected chi connectivity index (χ0v) is 14.4. The molecule has 0 saturated carbocycles. The Morgan fingerprint density at radius 2 is 1.88 bits per heavy atom. The van der Waals surface area contributed by atoms with Crippen molar-refractivity contribution in [3.05, 3.63) is 48.0 Å². The van der Waals surface area contributed by atoms with Crippen LogP contribution in [-0.4, -0.2) is 40.2 Å². The lowest BCUT2D eigenvalue weighted by Gasteiger charge is -2.18. The lowest BCUT2D eigenvalue weighted by atomic mass is 10.1. The Morgan fingerprint density at radius 3 is 2.67 bits per heavy atom. The summed E-state index contributed by atoms with van der Waals surface area (Å²) in [5.74, 6) is 1.77. The maximum absolute atomic E-state index is 12.7. The Labute approximate surface area is 141 Å². The van der Waals surface area contributed by atoms with E-state index in [2.05, 4.69) is 0 Å². The van der Waals surface area contributed by atoms with Crippen molar-refractivity contribution in [3.8, 4) is 17.2 Å². The first-order valence-electron chi connectivity index (χ1n) is 7.50. The van der Waals surface area contributed by atoms with Gasteiger partial charge in [-0.1, -0.05) is 18.2 Å². The Bertz CT molecular complexity index is 835. The van der Waals surface area contributed by atoms with Gasteiger partial charge in [-0.15, -0.1) is 0 Å². The van der Waals surface area contributed by atoms with Crippen LogP contribution in [0.4, 0.5) is 0 Å². The molecule has 0 atom stereocenters. The predicted octanol–water partition coefficient (Wildman–Crippen LogP) is 2.29. The molecule has 128 valence electrons. The summed E-state index contributed by atoms with van der Waals surface area (Å²) in [6, 6.07) is 12.2. The van der Waals surface area contributed by atoms with Crippen LogP contribution in [0.3, 0.4) is 0 Å². The SMILES string of the molecule is COc1ccccc1CCN(C)S(=O)(=O)c1ccc2c(c1)OCO2. The molecule has 3 rings (SSSR count). The van der Waals surface area contributed by atoms with Gasteiger partial charge in [0.2, 0.25) is 16.8 Å². The molecule has 0 aliphatic carbocycles. The smallest absolute Gasteiger partial charge is 0.242 e. The minimum atomic E-state index is -3.59. The quantitative estimate of drug-likeness (QED) is 0.801. The number of para-hydroxylation sites is 1. The second kappa shape index (κ2) is 6.70. The van der Waals surface area contributed by atoms with E-state index >= 15 is 0 Å². The van der Waals surface area contributed by atoms with Crippen LogP contribution in [-0.2, 0) is 16.4 Å². The van der Waals surface area contributed by atoms with Crippen molar-refractivity contribution in [2.24, 2.45) is 0 Å². The average Bonchev–Trinajstić information content (AvgIpc) is 3.07. The van der Waals surface area contributed by atoms with E-state index in [1.807, 2.05) is 24.3 Å². The van der Waals surface area contributed by atoms with Crippen LogP contribution in [0.15, 0.2) is 47.4 Å². The minimum absolute atomic E-state index is 0.114. The van der Waals surface area contributed by atoms with Gasteiger partial charge in [-0.3, -0.25) is 0 Å². The van der Waals surface area contributed by atoms with Crippen molar-refractivity contribution < 1.29 is 22.6 Å². The van der Waals surface area contributed by atoms with Gasteiger partial charge in [-0.25, -0.2) is 12.7 Å². The van der Waals surface area contributed by atoms with E-state index in [9.17, 15) is 8.42 Å². The second-order valence-electron chi connectivity index (χ2n) is 5.40. The fraction of sp³-hybridized carbons (Fsp3) is 0.294. The topological polar surface area (TPSA) is 65.1 Å². The summed E-state index contributed by atoms with van der Waals surface area (Å²) in [5.41, 5.74) is 0.965. The molecule has 1 heterocycles. The van der Waals surface area contributed by atoms with Crippen molar-refractivity contribution >= 4 is 10.0 Å². The molecule has 2 aromatic carbocycles. The highest BCUT2D eigenvalue weighted by Crippen LogP contribution is 2.34. The van der Waals surface area contributed by atoms with E-state index in [1.165, 1.54) is 16.4 Å². The van der Waals surface area contributed by atoms with Crippen LogP contribution in [0.2, 0.25) is 0 Å². The predicted molar refractivity (Wildman–Crippen MR) is 89.1 cm³/mol. The van der Waals surface area contributed by atoms with Crippen molar-refractivity contribution in [3.63, 3.8) is 0 Å². The molecule has 0 radical (unpaired) electrons. The van der Waals surface area contributed by atoms with Crippen LogP contribution in [0.1, 0.15) is 5.56 Å². The summed E-state index contributed by atoms with van der Waals surface area (Å²) in [6.45, 7) is 0.458. The first-order chi connectivity index (χ1) is 11.5. The number of sulfonamides is 1. The largest absolute Gasteiger partial charge is 0.496 e. The summed E-state index contributed by atoms with van der Waals surface area (Å²) in [5, 5.41) is 0. The summed E-state index contributed by atoms with van der Waals surface area (Å²) in [4.78, 5) is 0.189. The summed E-state index contributed by atoms with van der Waals surface area (Å²) < 4.78 is 42.5. The zero-order valence-electron chi connectivity index (χ0n) is 13.6. The highest BCUT2D eigenvalue weighted by Gasteiger charge is 2.24. The van der Waals surface area contributed by atoms with Crippen LogP contribution in [0.25, 0.3) is 0 Å². The van der Waals surface area contributed by atoms with Crippen LogP contribution < -0.4 is 14.2 Å². The molecule has 2 aromatic rings. The molecular weight excluding hydrogens is 330 g/mol. The van der Waals surface area contributed by atoms with E-state index in [4.69, 9.17) is 14.2 Å². The molecule has 0 bridgehead atoms. The number of hydrogen-bond donors (Lipinski definition) is 0. The number of ether oxygens (including phenoxy) is 3. The third kappa shape index (κ3) is 3.18. The molecule has 6 nitrogen and oxygen atoms in total. The van der Waals surface area contributed by atoms with E-state index in [0.717, 1.165) is 11.3 Å². The first kappa shape index (κ1) is 16.6. The molecule has 0 N–H and O–H groups in total. The normalized spacial score (nSPS) is 13.3. The van der Waals surface area contributed by atoms with Gasteiger partial charge < -0.3 is 14.2 Å². The standard InChI is InChI=1S/C17H19NO5S/c1-18(10-9-13-5-3-4-6-15(13)21-2)24(19,20)14-7-8-16-17(11-14)23-12-22-16/h3-8,11H,9-10,12H2,1-2H3. The molecule has 1 aliphatic rings. The van der Waals surface area contributed by atoms with Gasteiger partial charge in [0.05, 0.1) is 12.0 Å². The molecule has 1 aliphatic heterocycles. The highest BCUT2D eigenvalue weighted by molar-refractivity contribution is 7.89. The number of fused-ring (bicyclic) bond motifs is 1. The minimum Gasteiger partial charge on any atom is -0.496 e. The molecule has 0 saturated heterocycles. The summed E-state index contributed by atoms with van der Waals surface area (Å²) >= 11 is 0. The van der Waals surface area contributed by atoms with Crippen molar-refractivity contribution in [2.75, 3.05) is 27.5 Å². The fourth-order valence-electron chi connectivity index (χ4n) is 2.52. The van der Waals surface area contributed by atoms with Gasteiger partial charge in [0, 0.05) is 19.7 Å². The summed E-state index contributed by atoms with van der Waals surface area (Å²) in [6.07, 6.45) is 0.560. The Kier molecular flexibility index (Phi) is 4.64. The lowest BCUT2D eigenvalue weighted by molar-refractivity contribution is 0.174. The Hall–Kier alpha value is -2.25. The molecular formula is C17H19NO5S. The Balaban J connectivity index is 1.75. The highest BCUT2D eigenvalue weighted by atomic mass is 32.2. The number of methoxy groups -OCH3 is 1. The lowest BCUT2D eigenvalue weighted by Crippen LogP contribution is -2.29. The average molecular weight is 349 g/mol. The van der Waals surface area contributed by atoms with E-state index in [1.54, 1.807) is 20.2 Å². The van der Waals surface area contributed by atoms with Crippen LogP contribution in [0, 0.1) is 0 Å². The van der Waals surface area contributed by atoms with Crippen LogP contribution in [0.5, 0.6) is 17.2 Å². The van der Waals surface area contributed by atoms with E-state index < -0.39 is 10.0 Å². The van der Waals surface area contributed by atoms with Gasteiger partial charge in [0.25, 0.3) is 0 Å². The maximum Gasteiger partial charge on any atom is 0.242 e. The molecule has 0 amide bonds. The second-order valence-corrected chi connectivity index (χ2v) is 7.45. The number of rotatable bonds is 6. The molecule has 0 unspecified atom stereocenters. The first-order valence-corrected chi connectivity index (χ1v) is 8.94. The van der Waals surface area contributed by atoms with E-state index in [0.29, 0.717) is 24.5 Å². The van der Waals surface area contributed by atoms with Gasteiger partial charge in [-0.2, -0.15) is 0 Å². The van der Waals surface area contributed by atoms with Gasteiger partial charge in [0.15, 0.2) is 11.5 Å². The maximum atomic E-state index is 12.7. The molecule has 0 spiro atoms. The van der Waals surface area contributed by atoms with Crippen LogP contribution >= 0.6 is 0 Å².